The van der Waals surface area contributed by atoms with Crippen LogP contribution in [0.25, 0.3) is 0 Å². The number of rotatable bonds is 3. The smallest absolute Gasteiger partial charge is 0.335 e. The summed E-state index contributed by atoms with van der Waals surface area (Å²) in [6.07, 6.45) is 0. The summed E-state index contributed by atoms with van der Waals surface area (Å²) in [4.78, 5) is 10.8. The molecule has 2 aromatic carbocycles. The Balaban J connectivity index is 2.41. The van der Waals surface area contributed by atoms with Gasteiger partial charge in [-0.3, -0.25) is 0 Å². The molecular formula is C14H12F2N2O2. The number of carboxylic acid groups (broad SMARTS) is 1. The van der Waals surface area contributed by atoms with Gasteiger partial charge in [0, 0.05) is 0 Å². The molecule has 4 nitrogen and oxygen atoms in total. The Hall–Kier alpha value is -2.63. The van der Waals surface area contributed by atoms with Gasteiger partial charge in [0.25, 0.3) is 0 Å². The molecule has 0 fully saturated rings. The quantitative estimate of drug-likeness (QED) is 0.753. The molecule has 0 radical (unpaired) electrons. The molecule has 0 saturated heterocycles. The van der Waals surface area contributed by atoms with Gasteiger partial charge in [-0.25, -0.2) is 13.6 Å². The van der Waals surface area contributed by atoms with E-state index in [0.29, 0.717) is 0 Å². The molecule has 0 spiro atoms. The highest BCUT2D eigenvalue weighted by molar-refractivity contribution is 5.90. The first kappa shape index (κ1) is 13.8. The van der Waals surface area contributed by atoms with E-state index in [1.54, 1.807) is 0 Å². The minimum Gasteiger partial charge on any atom is -0.478 e. The second-order valence-corrected chi connectivity index (χ2v) is 4.29. The normalized spacial score (nSPS) is 10.3. The minimum absolute atomic E-state index is 0.00163. The van der Waals surface area contributed by atoms with Crippen molar-refractivity contribution in [1.82, 2.24) is 0 Å². The SMILES string of the molecule is Cc1ccc(F)c(Nc2ccc(C(=O)O)cc2N)c1F. The first-order chi connectivity index (χ1) is 9.40. The van der Waals surface area contributed by atoms with Crippen LogP contribution in [0.3, 0.4) is 0 Å². The molecule has 0 bridgehead atoms. The number of hydrogen-bond donors (Lipinski definition) is 3. The van der Waals surface area contributed by atoms with E-state index in [1.807, 2.05) is 0 Å². The Bertz CT molecular complexity index is 687. The Morgan fingerprint density at radius 1 is 1.25 bits per heavy atom. The van der Waals surface area contributed by atoms with Gasteiger partial charge < -0.3 is 16.2 Å². The van der Waals surface area contributed by atoms with E-state index in [2.05, 4.69) is 5.32 Å². The number of halogens is 2. The van der Waals surface area contributed by atoms with Gasteiger partial charge in [0.15, 0.2) is 5.82 Å². The van der Waals surface area contributed by atoms with E-state index in [0.717, 1.165) is 6.07 Å². The average Bonchev–Trinajstić information content (AvgIpc) is 2.40. The fourth-order valence-electron chi connectivity index (χ4n) is 1.72. The molecule has 0 amide bonds. The van der Waals surface area contributed by atoms with Crippen LogP contribution in [-0.4, -0.2) is 11.1 Å². The van der Waals surface area contributed by atoms with E-state index >= 15 is 0 Å². The Kier molecular flexibility index (Phi) is 3.56. The summed E-state index contributed by atoms with van der Waals surface area (Å²) in [7, 11) is 0. The molecule has 0 atom stereocenters. The van der Waals surface area contributed by atoms with Crippen LogP contribution in [0.15, 0.2) is 30.3 Å². The maximum absolute atomic E-state index is 13.8. The highest BCUT2D eigenvalue weighted by Crippen LogP contribution is 2.29. The standard InChI is InChI=1S/C14H12F2N2O2/c1-7-2-4-9(15)13(12(7)16)18-11-5-3-8(14(19)20)6-10(11)17/h2-6,18H,17H2,1H3,(H,19,20). The molecule has 0 aliphatic carbocycles. The monoisotopic (exact) mass is 278 g/mol. The minimum atomic E-state index is -1.13. The van der Waals surface area contributed by atoms with Gasteiger partial charge in [-0.1, -0.05) is 6.07 Å². The zero-order valence-corrected chi connectivity index (χ0v) is 10.6. The fourth-order valence-corrected chi connectivity index (χ4v) is 1.72. The molecule has 4 N–H and O–H groups in total. The van der Waals surface area contributed by atoms with Gasteiger partial charge >= 0.3 is 5.97 Å². The molecule has 0 aliphatic heterocycles. The van der Waals surface area contributed by atoms with Crippen molar-refractivity contribution in [3.8, 4) is 0 Å². The second kappa shape index (κ2) is 5.16. The summed E-state index contributed by atoms with van der Waals surface area (Å²) in [6.45, 7) is 1.51. The summed E-state index contributed by atoms with van der Waals surface area (Å²) < 4.78 is 27.5. The predicted molar refractivity (Wildman–Crippen MR) is 72.2 cm³/mol. The van der Waals surface area contributed by atoms with Crippen molar-refractivity contribution in [3.63, 3.8) is 0 Å². The fraction of sp³-hybridized carbons (Fsp3) is 0.0714. The van der Waals surface area contributed by atoms with Crippen molar-refractivity contribution in [2.45, 2.75) is 6.92 Å². The third kappa shape index (κ3) is 2.54. The molecule has 0 unspecified atom stereocenters. The number of anilines is 3. The molecule has 104 valence electrons. The van der Waals surface area contributed by atoms with Crippen LogP contribution in [-0.2, 0) is 0 Å². The number of aromatic carboxylic acids is 1. The highest BCUT2D eigenvalue weighted by atomic mass is 19.1. The first-order valence-electron chi connectivity index (χ1n) is 5.74. The zero-order chi connectivity index (χ0) is 14.9. The lowest BCUT2D eigenvalue weighted by Crippen LogP contribution is -2.04. The van der Waals surface area contributed by atoms with E-state index < -0.39 is 17.6 Å². The molecule has 0 aromatic heterocycles. The van der Waals surface area contributed by atoms with Crippen molar-refractivity contribution in [2.24, 2.45) is 0 Å². The molecule has 0 saturated carbocycles. The molecule has 0 aliphatic rings. The van der Waals surface area contributed by atoms with E-state index in [1.165, 1.54) is 31.2 Å². The van der Waals surface area contributed by atoms with Crippen molar-refractivity contribution in [1.29, 1.82) is 0 Å². The highest BCUT2D eigenvalue weighted by Gasteiger charge is 2.13. The maximum Gasteiger partial charge on any atom is 0.335 e. The van der Waals surface area contributed by atoms with Crippen LogP contribution < -0.4 is 11.1 Å². The number of hydrogen-bond acceptors (Lipinski definition) is 3. The number of benzene rings is 2. The van der Waals surface area contributed by atoms with Crippen LogP contribution >= 0.6 is 0 Å². The third-order valence-corrected chi connectivity index (χ3v) is 2.84. The van der Waals surface area contributed by atoms with Gasteiger partial charge in [-0.15, -0.1) is 0 Å². The molecule has 0 heterocycles. The Morgan fingerprint density at radius 3 is 2.55 bits per heavy atom. The summed E-state index contributed by atoms with van der Waals surface area (Å²) in [5.74, 6) is -2.60. The lowest BCUT2D eigenvalue weighted by atomic mass is 10.1. The lowest BCUT2D eigenvalue weighted by molar-refractivity contribution is 0.0697. The topological polar surface area (TPSA) is 75.3 Å². The van der Waals surface area contributed by atoms with Gasteiger partial charge in [-0.05, 0) is 36.8 Å². The molecule has 20 heavy (non-hydrogen) atoms. The van der Waals surface area contributed by atoms with E-state index in [9.17, 15) is 13.6 Å². The van der Waals surface area contributed by atoms with Crippen molar-refractivity contribution in [3.05, 3.63) is 53.1 Å². The van der Waals surface area contributed by atoms with Gasteiger partial charge in [0.05, 0.1) is 16.9 Å². The summed E-state index contributed by atoms with van der Waals surface area (Å²) >= 11 is 0. The number of nitrogens with one attached hydrogen (secondary N) is 1. The first-order valence-corrected chi connectivity index (χ1v) is 5.74. The van der Waals surface area contributed by atoms with Crippen molar-refractivity contribution >= 4 is 23.0 Å². The van der Waals surface area contributed by atoms with Crippen LogP contribution in [0.1, 0.15) is 15.9 Å². The number of carbonyl (C=O) groups is 1. The Morgan fingerprint density at radius 2 is 1.95 bits per heavy atom. The maximum atomic E-state index is 13.8. The van der Waals surface area contributed by atoms with Gasteiger partial charge in [0.1, 0.15) is 11.5 Å². The van der Waals surface area contributed by atoms with Crippen LogP contribution in [0.2, 0.25) is 0 Å². The van der Waals surface area contributed by atoms with E-state index in [-0.39, 0.29) is 28.2 Å². The number of carboxylic acids is 1. The second-order valence-electron chi connectivity index (χ2n) is 4.29. The Labute approximate surface area is 113 Å². The molecule has 2 aromatic rings. The summed E-state index contributed by atoms with van der Waals surface area (Å²) in [5.41, 5.74) is 5.96. The molecule has 6 heteroatoms. The average molecular weight is 278 g/mol. The van der Waals surface area contributed by atoms with Gasteiger partial charge in [-0.2, -0.15) is 0 Å². The predicted octanol–water partition coefficient (Wildman–Crippen LogP) is 3.30. The van der Waals surface area contributed by atoms with Crippen molar-refractivity contribution in [2.75, 3.05) is 11.1 Å². The molecule has 2 rings (SSSR count). The van der Waals surface area contributed by atoms with Crippen LogP contribution in [0, 0.1) is 18.6 Å². The summed E-state index contributed by atoms with van der Waals surface area (Å²) in [5, 5.41) is 11.4. The van der Waals surface area contributed by atoms with E-state index in [4.69, 9.17) is 10.8 Å². The van der Waals surface area contributed by atoms with Crippen molar-refractivity contribution < 1.29 is 18.7 Å². The third-order valence-electron chi connectivity index (χ3n) is 2.84. The number of nitrogens with two attached hydrogens (primary N) is 1. The molecular weight excluding hydrogens is 266 g/mol. The van der Waals surface area contributed by atoms with Crippen LogP contribution in [0.4, 0.5) is 25.8 Å². The lowest BCUT2D eigenvalue weighted by Gasteiger charge is -2.12. The van der Waals surface area contributed by atoms with Gasteiger partial charge in [0.2, 0.25) is 0 Å². The van der Waals surface area contributed by atoms with Crippen LogP contribution in [0.5, 0.6) is 0 Å². The largest absolute Gasteiger partial charge is 0.478 e. The number of nitrogen functional groups attached to an aromatic ring is 1. The number of aryl methyl sites for hydroxylation is 1. The zero-order valence-electron chi connectivity index (χ0n) is 10.6. The summed E-state index contributed by atoms with van der Waals surface area (Å²) in [6, 6.07) is 6.35.